The molecular weight excluding hydrogens is 303 g/mol. The Morgan fingerprint density at radius 3 is 2.43 bits per heavy atom. The number of aromatic nitrogens is 2. The first-order valence-electron chi connectivity index (χ1n) is 7.53. The molecule has 1 atom stereocenters. The van der Waals surface area contributed by atoms with E-state index >= 15 is 0 Å². The van der Waals surface area contributed by atoms with E-state index in [-0.39, 0.29) is 0 Å². The number of halogens is 2. The largest absolute Gasteiger partial charge is 0.268 e. The average Bonchev–Trinajstić information content (AvgIpc) is 2.83. The molecule has 21 heavy (non-hydrogen) atoms. The lowest BCUT2D eigenvalue weighted by atomic mass is 9.96. The van der Waals surface area contributed by atoms with Crippen molar-refractivity contribution < 1.29 is 0 Å². The third-order valence-electron chi connectivity index (χ3n) is 3.76. The monoisotopic (exact) mass is 324 g/mol. The van der Waals surface area contributed by atoms with Gasteiger partial charge in [-0.1, -0.05) is 48.9 Å². The summed E-state index contributed by atoms with van der Waals surface area (Å²) in [5.41, 5.74) is 3.43. The van der Waals surface area contributed by atoms with Crippen molar-refractivity contribution in [3.05, 3.63) is 52.3 Å². The summed E-state index contributed by atoms with van der Waals surface area (Å²) in [6.07, 6.45) is 2.71. The number of benzene rings is 1. The first kappa shape index (κ1) is 16.4. The average molecular weight is 325 g/mol. The molecule has 1 aromatic carbocycles. The fraction of sp³-hybridized carbons (Fsp3) is 0.471. The molecule has 2 rings (SSSR count). The summed E-state index contributed by atoms with van der Waals surface area (Å²) in [7, 11) is 0. The SMILES string of the molecule is CCc1nn(CC)c(CC(CCl)Cc2ccccc2)c1Cl. The van der Waals surface area contributed by atoms with Gasteiger partial charge in [-0.2, -0.15) is 5.10 Å². The van der Waals surface area contributed by atoms with E-state index in [2.05, 4.69) is 43.2 Å². The van der Waals surface area contributed by atoms with Crippen molar-refractivity contribution in [3.8, 4) is 0 Å². The predicted octanol–water partition coefficient (Wildman–Crippen LogP) is 4.76. The molecule has 4 heteroatoms. The highest BCUT2D eigenvalue weighted by Crippen LogP contribution is 2.26. The summed E-state index contributed by atoms with van der Waals surface area (Å²) in [4.78, 5) is 0. The van der Waals surface area contributed by atoms with E-state index < -0.39 is 0 Å². The summed E-state index contributed by atoms with van der Waals surface area (Å²) >= 11 is 12.7. The molecule has 1 unspecified atom stereocenters. The Kier molecular flexibility index (Phi) is 6.13. The Hall–Kier alpha value is -0.990. The minimum atomic E-state index is 0.373. The molecule has 2 nitrogen and oxygen atoms in total. The van der Waals surface area contributed by atoms with Crippen LogP contribution in [-0.4, -0.2) is 15.7 Å². The van der Waals surface area contributed by atoms with Crippen molar-refractivity contribution >= 4 is 23.2 Å². The molecule has 0 saturated heterocycles. The second-order valence-electron chi connectivity index (χ2n) is 5.29. The first-order chi connectivity index (χ1) is 10.2. The fourth-order valence-corrected chi connectivity index (χ4v) is 3.18. The summed E-state index contributed by atoms with van der Waals surface area (Å²) < 4.78 is 2.02. The van der Waals surface area contributed by atoms with Crippen LogP contribution in [0.25, 0.3) is 0 Å². The number of rotatable bonds is 7. The molecule has 0 N–H and O–H groups in total. The molecule has 1 heterocycles. The van der Waals surface area contributed by atoms with Crippen LogP contribution in [0.3, 0.4) is 0 Å². The molecule has 0 amide bonds. The molecule has 0 aliphatic heterocycles. The lowest BCUT2D eigenvalue weighted by molar-refractivity contribution is 0.531. The molecule has 0 bridgehead atoms. The van der Waals surface area contributed by atoms with E-state index in [1.54, 1.807) is 0 Å². The van der Waals surface area contributed by atoms with Gasteiger partial charge in [-0.3, -0.25) is 4.68 Å². The molecule has 0 radical (unpaired) electrons. The lowest BCUT2D eigenvalue weighted by Gasteiger charge is -2.15. The fourth-order valence-electron chi connectivity index (χ4n) is 2.61. The summed E-state index contributed by atoms with van der Waals surface area (Å²) in [5, 5.41) is 5.40. The standard InChI is InChI=1S/C17H22Cl2N2/c1-3-15-17(19)16(21(4-2)20-15)11-14(12-18)10-13-8-6-5-7-9-13/h5-9,14H,3-4,10-12H2,1-2H3. The van der Waals surface area contributed by atoms with Crippen LogP contribution < -0.4 is 0 Å². The number of nitrogens with zero attached hydrogens (tertiary/aromatic N) is 2. The Balaban J connectivity index is 2.16. The zero-order valence-corrected chi connectivity index (χ0v) is 14.2. The molecule has 0 spiro atoms. The molecular formula is C17H22Cl2N2. The van der Waals surface area contributed by atoms with Crippen molar-refractivity contribution in [3.63, 3.8) is 0 Å². The van der Waals surface area contributed by atoms with E-state index in [9.17, 15) is 0 Å². The number of hydrogen-bond acceptors (Lipinski definition) is 1. The molecule has 2 aromatic rings. The third-order valence-corrected chi connectivity index (χ3v) is 4.63. The van der Waals surface area contributed by atoms with Gasteiger partial charge in [0, 0.05) is 12.4 Å². The van der Waals surface area contributed by atoms with E-state index in [1.807, 2.05) is 10.7 Å². The van der Waals surface area contributed by atoms with Gasteiger partial charge in [0.1, 0.15) is 0 Å². The van der Waals surface area contributed by atoms with Crippen molar-refractivity contribution in [2.24, 2.45) is 5.92 Å². The normalized spacial score (nSPS) is 12.6. The van der Waals surface area contributed by atoms with E-state index in [0.717, 1.165) is 42.2 Å². The molecule has 114 valence electrons. The maximum Gasteiger partial charge on any atom is 0.0849 e. The molecule has 0 fully saturated rings. The van der Waals surface area contributed by atoms with E-state index in [0.29, 0.717) is 11.8 Å². The van der Waals surface area contributed by atoms with Crippen molar-refractivity contribution in [2.45, 2.75) is 39.7 Å². The van der Waals surface area contributed by atoms with Crippen LogP contribution >= 0.6 is 23.2 Å². The highest BCUT2D eigenvalue weighted by atomic mass is 35.5. The van der Waals surface area contributed by atoms with Gasteiger partial charge in [0.25, 0.3) is 0 Å². The second-order valence-corrected chi connectivity index (χ2v) is 5.98. The minimum Gasteiger partial charge on any atom is -0.268 e. The smallest absolute Gasteiger partial charge is 0.0849 e. The highest BCUT2D eigenvalue weighted by Gasteiger charge is 2.18. The first-order valence-corrected chi connectivity index (χ1v) is 8.44. The van der Waals surface area contributed by atoms with Gasteiger partial charge in [-0.05, 0) is 37.7 Å². The number of aryl methyl sites for hydroxylation is 2. The Morgan fingerprint density at radius 2 is 1.86 bits per heavy atom. The van der Waals surface area contributed by atoms with Crippen LogP contribution in [0.5, 0.6) is 0 Å². The lowest BCUT2D eigenvalue weighted by Crippen LogP contribution is -2.14. The van der Waals surface area contributed by atoms with Gasteiger partial charge < -0.3 is 0 Å². The van der Waals surface area contributed by atoms with Gasteiger partial charge in [0.2, 0.25) is 0 Å². The van der Waals surface area contributed by atoms with Crippen molar-refractivity contribution in [1.29, 1.82) is 0 Å². The van der Waals surface area contributed by atoms with Crippen LogP contribution in [0.15, 0.2) is 30.3 Å². The second kappa shape index (κ2) is 7.86. The number of hydrogen-bond donors (Lipinski definition) is 0. The molecule has 0 aliphatic rings. The minimum absolute atomic E-state index is 0.373. The van der Waals surface area contributed by atoms with Crippen LogP contribution in [0.1, 0.15) is 30.8 Å². The van der Waals surface area contributed by atoms with Gasteiger partial charge in [-0.25, -0.2) is 0 Å². The van der Waals surface area contributed by atoms with Crippen LogP contribution in [0, 0.1) is 5.92 Å². The van der Waals surface area contributed by atoms with Gasteiger partial charge in [0.15, 0.2) is 0 Å². The van der Waals surface area contributed by atoms with Gasteiger partial charge >= 0.3 is 0 Å². The Morgan fingerprint density at radius 1 is 1.14 bits per heavy atom. The maximum atomic E-state index is 6.49. The third kappa shape index (κ3) is 4.02. The molecule has 1 aromatic heterocycles. The van der Waals surface area contributed by atoms with E-state index in [4.69, 9.17) is 23.2 Å². The molecule has 0 aliphatic carbocycles. The van der Waals surface area contributed by atoms with Crippen LogP contribution in [0.4, 0.5) is 0 Å². The Labute approximate surface area is 137 Å². The highest BCUT2D eigenvalue weighted by molar-refractivity contribution is 6.31. The Bertz CT molecular complexity index is 564. The summed E-state index contributed by atoms with van der Waals surface area (Å²) in [6.45, 7) is 5.02. The summed E-state index contributed by atoms with van der Waals surface area (Å²) in [5.74, 6) is 1.000. The topological polar surface area (TPSA) is 17.8 Å². The van der Waals surface area contributed by atoms with Gasteiger partial charge in [0.05, 0.1) is 16.4 Å². The predicted molar refractivity (Wildman–Crippen MR) is 90.3 cm³/mol. The van der Waals surface area contributed by atoms with Crippen LogP contribution in [-0.2, 0) is 25.8 Å². The van der Waals surface area contributed by atoms with E-state index in [1.165, 1.54) is 5.56 Å². The zero-order valence-electron chi connectivity index (χ0n) is 12.6. The van der Waals surface area contributed by atoms with Crippen molar-refractivity contribution in [1.82, 2.24) is 9.78 Å². The summed E-state index contributed by atoms with van der Waals surface area (Å²) in [6, 6.07) is 10.5. The van der Waals surface area contributed by atoms with Gasteiger partial charge in [-0.15, -0.1) is 11.6 Å². The number of alkyl halides is 1. The molecule has 0 saturated carbocycles. The van der Waals surface area contributed by atoms with Crippen molar-refractivity contribution in [2.75, 3.05) is 5.88 Å². The maximum absolute atomic E-state index is 6.49. The zero-order chi connectivity index (χ0) is 15.2. The van der Waals surface area contributed by atoms with Crippen LogP contribution in [0.2, 0.25) is 5.02 Å². The quantitative estimate of drug-likeness (QED) is 0.671.